The second-order valence-corrected chi connectivity index (χ2v) is 8.83. The number of pyridine rings is 1. The van der Waals surface area contributed by atoms with Crippen molar-refractivity contribution in [1.29, 1.82) is 0 Å². The highest BCUT2D eigenvalue weighted by molar-refractivity contribution is 6.36. The lowest BCUT2D eigenvalue weighted by Gasteiger charge is -2.19. The van der Waals surface area contributed by atoms with Crippen LogP contribution < -0.4 is 15.8 Å². The van der Waals surface area contributed by atoms with Gasteiger partial charge in [0.05, 0.1) is 11.1 Å². The highest BCUT2D eigenvalue weighted by Crippen LogP contribution is 2.37. The number of nitrogens with zero attached hydrogens (tertiary/aromatic N) is 1. The smallest absolute Gasteiger partial charge is 0.251 e. The van der Waals surface area contributed by atoms with E-state index in [1.807, 2.05) is 12.1 Å². The number of benzene rings is 2. The predicted molar refractivity (Wildman–Crippen MR) is 131 cm³/mol. The summed E-state index contributed by atoms with van der Waals surface area (Å²) >= 11 is 12.3. The maximum atomic E-state index is 13.9. The number of hydrogen-bond acceptors (Lipinski definition) is 5. The molecule has 4 rings (SSSR count). The average molecular weight is 504 g/mol. The topological polar surface area (TPSA) is 86.5 Å². The van der Waals surface area contributed by atoms with Gasteiger partial charge in [-0.3, -0.25) is 4.79 Å². The molecule has 3 aromatic rings. The molecule has 0 saturated carbocycles. The maximum Gasteiger partial charge on any atom is 0.251 e. The third-order valence-corrected chi connectivity index (χ3v) is 6.38. The Balaban J connectivity index is 1.48. The number of ether oxygens (including phenoxy) is 2. The minimum absolute atomic E-state index is 0.0852. The molecule has 0 spiro atoms. The molecular formula is C25H24Cl2FN3O3. The second-order valence-electron chi connectivity index (χ2n) is 8.05. The SMILES string of the molecule is C[C@@H](Oc1cc(-c2ccc(C(=O)NCC3CCCO3)cc2)cnc1N)c1c(Cl)ccc(F)c1Cl. The molecule has 0 bridgehead atoms. The van der Waals surface area contributed by atoms with Gasteiger partial charge in [-0.05, 0) is 55.7 Å². The molecule has 34 heavy (non-hydrogen) atoms. The van der Waals surface area contributed by atoms with E-state index in [0.717, 1.165) is 30.6 Å². The lowest BCUT2D eigenvalue weighted by molar-refractivity contribution is 0.0858. The number of carbonyl (C=O) groups is 1. The molecule has 9 heteroatoms. The molecule has 1 unspecified atom stereocenters. The van der Waals surface area contributed by atoms with E-state index < -0.39 is 11.9 Å². The molecule has 2 heterocycles. The van der Waals surface area contributed by atoms with Crippen molar-refractivity contribution >= 4 is 34.9 Å². The van der Waals surface area contributed by atoms with E-state index in [-0.39, 0.29) is 27.9 Å². The Labute approximate surface area is 207 Å². The predicted octanol–water partition coefficient (Wildman–Crippen LogP) is 5.83. The van der Waals surface area contributed by atoms with E-state index in [9.17, 15) is 9.18 Å². The minimum Gasteiger partial charge on any atom is -0.482 e. The molecule has 1 aliphatic rings. The van der Waals surface area contributed by atoms with Crippen molar-refractivity contribution in [2.45, 2.75) is 32.0 Å². The monoisotopic (exact) mass is 503 g/mol. The summed E-state index contributed by atoms with van der Waals surface area (Å²) in [7, 11) is 0. The number of anilines is 1. The summed E-state index contributed by atoms with van der Waals surface area (Å²) in [6.45, 7) is 2.95. The molecule has 178 valence electrons. The number of halogens is 3. The van der Waals surface area contributed by atoms with Crippen molar-refractivity contribution in [3.8, 4) is 16.9 Å². The van der Waals surface area contributed by atoms with Gasteiger partial charge in [0.25, 0.3) is 5.91 Å². The first-order chi connectivity index (χ1) is 16.3. The molecule has 2 atom stereocenters. The minimum atomic E-state index is -0.676. The van der Waals surface area contributed by atoms with Crippen molar-refractivity contribution in [3.05, 3.63) is 75.7 Å². The molecule has 1 saturated heterocycles. The van der Waals surface area contributed by atoms with Crippen molar-refractivity contribution in [2.24, 2.45) is 0 Å². The van der Waals surface area contributed by atoms with Crippen LogP contribution >= 0.6 is 23.2 Å². The van der Waals surface area contributed by atoms with Gasteiger partial charge in [-0.2, -0.15) is 0 Å². The van der Waals surface area contributed by atoms with Crippen LogP contribution in [-0.4, -0.2) is 30.1 Å². The molecule has 0 radical (unpaired) electrons. The van der Waals surface area contributed by atoms with E-state index in [0.29, 0.717) is 23.4 Å². The fourth-order valence-electron chi connectivity index (χ4n) is 3.80. The number of aromatic nitrogens is 1. The zero-order valence-corrected chi connectivity index (χ0v) is 20.0. The van der Waals surface area contributed by atoms with E-state index in [4.69, 9.17) is 38.4 Å². The van der Waals surface area contributed by atoms with Gasteiger partial charge in [-0.15, -0.1) is 0 Å². The van der Waals surface area contributed by atoms with Crippen LogP contribution in [0, 0.1) is 5.82 Å². The number of hydrogen-bond donors (Lipinski definition) is 2. The maximum absolute atomic E-state index is 13.9. The van der Waals surface area contributed by atoms with Crippen LogP contribution in [0.4, 0.5) is 10.2 Å². The molecule has 6 nitrogen and oxygen atoms in total. The summed E-state index contributed by atoms with van der Waals surface area (Å²) in [5.74, 6) is -0.264. The van der Waals surface area contributed by atoms with Gasteiger partial charge >= 0.3 is 0 Å². The van der Waals surface area contributed by atoms with E-state index in [1.165, 1.54) is 12.1 Å². The van der Waals surface area contributed by atoms with Crippen molar-refractivity contribution in [1.82, 2.24) is 10.3 Å². The number of nitrogens with two attached hydrogens (primary N) is 1. The number of nitrogens with one attached hydrogen (secondary N) is 1. The van der Waals surface area contributed by atoms with Crippen LogP contribution in [0.2, 0.25) is 10.0 Å². The van der Waals surface area contributed by atoms with Crippen molar-refractivity contribution < 1.29 is 18.7 Å². The zero-order chi connectivity index (χ0) is 24.2. The zero-order valence-electron chi connectivity index (χ0n) is 18.5. The Morgan fingerprint density at radius 1 is 1.26 bits per heavy atom. The fraction of sp³-hybridized carbons (Fsp3) is 0.280. The van der Waals surface area contributed by atoms with Crippen LogP contribution in [0.1, 0.15) is 41.8 Å². The number of nitrogen functional groups attached to an aromatic ring is 1. The summed E-state index contributed by atoms with van der Waals surface area (Å²) in [5.41, 5.74) is 8.44. The molecule has 2 aromatic carbocycles. The highest BCUT2D eigenvalue weighted by atomic mass is 35.5. The number of amides is 1. The number of carbonyl (C=O) groups excluding carboxylic acids is 1. The Hall–Kier alpha value is -2.87. The third-order valence-electron chi connectivity index (χ3n) is 5.67. The Kier molecular flexibility index (Phi) is 7.56. The standard InChI is InChI=1S/C25H24Cl2FN3O3/c1-14(22-19(26)8-9-20(28)23(22)27)34-21-11-17(12-30-24(21)29)15-4-6-16(7-5-15)25(32)31-13-18-3-2-10-33-18/h4-9,11-12,14,18H,2-3,10,13H2,1H3,(H2,29,30)(H,31,32)/t14-,18?/m1/s1. The van der Waals surface area contributed by atoms with E-state index in [1.54, 1.807) is 31.3 Å². The summed E-state index contributed by atoms with van der Waals surface area (Å²) in [6.07, 6.45) is 3.01. The van der Waals surface area contributed by atoms with E-state index >= 15 is 0 Å². The Morgan fingerprint density at radius 2 is 2.03 bits per heavy atom. The van der Waals surface area contributed by atoms with E-state index in [2.05, 4.69) is 10.3 Å². The largest absolute Gasteiger partial charge is 0.482 e. The van der Waals surface area contributed by atoms with Crippen molar-refractivity contribution in [3.63, 3.8) is 0 Å². The average Bonchev–Trinajstić information content (AvgIpc) is 3.35. The lowest BCUT2D eigenvalue weighted by Crippen LogP contribution is -2.31. The van der Waals surface area contributed by atoms with Gasteiger partial charge in [0, 0.05) is 41.1 Å². The van der Waals surface area contributed by atoms with Gasteiger partial charge < -0.3 is 20.5 Å². The van der Waals surface area contributed by atoms with Crippen LogP contribution in [-0.2, 0) is 4.74 Å². The quantitative estimate of drug-likeness (QED) is 0.396. The molecule has 1 fully saturated rings. The van der Waals surface area contributed by atoms with Crippen LogP contribution in [0.25, 0.3) is 11.1 Å². The fourth-order valence-corrected chi connectivity index (χ4v) is 4.48. The number of rotatable bonds is 7. The molecular weight excluding hydrogens is 480 g/mol. The van der Waals surface area contributed by atoms with Gasteiger partial charge in [0.2, 0.25) is 0 Å². The normalized spacial score (nSPS) is 16.3. The first-order valence-corrected chi connectivity index (χ1v) is 11.6. The second kappa shape index (κ2) is 10.6. The Bertz CT molecular complexity index is 1180. The van der Waals surface area contributed by atoms with Gasteiger partial charge in [0.15, 0.2) is 11.6 Å². The summed E-state index contributed by atoms with van der Waals surface area (Å²) in [4.78, 5) is 16.6. The van der Waals surface area contributed by atoms with Gasteiger partial charge in [0.1, 0.15) is 11.9 Å². The Morgan fingerprint density at radius 3 is 2.74 bits per heavy atom. The summed E-state index contributed by atoms with van der Waals surface area (Å²) < 4.78 is 25.4. The van der Waals surface area contributed by atoms with Crippen LogP contribution in [0.5, 0.6) is 5.75 Å². The highest BCUT2D eigenvalue weighted by Gasteiger charge is 2.20. The van der Waals surface area contributed by atoms with Crippen LogP contribution in [0.15, 0.2) is 48.7 Å². The van der Waals surface area contributed by atoms with Crippen LogP contribution in [0.3, 0.4) is 0 Å². The third kappa shape index (κ3) is 5.43. The first-order valence-electron chi connectivity index (χ1n) is 10.9. The molecule has 1 aliphatic heterocycles. The van der Waals surface area contributed by atoms with Gasteiger partial charge in [-0.1, -0.05) is 35.3 Å². The first kappa shape index (κ1) is 24.3. The van der Waals surface area contributed by atoms with Crippen molar-refractivity contribution in [2.75, 3.05) is 18.9 Å². The molecule has 1 aromatic heterocycles. The molecule has 3 N–H and O–H groups in total. The summed E-state index contributed by atoms with van der Waals surface area (Å²) in [6, 6.07) is 11.5. The molecule has 0 aliphatic carbocycles. The molecule has 1 amide bonds. The lowest BCUT2D eigenvalue weighted by atomic mass is 10.0. The summed E-state index contributed by atoms with van der Waals surface area (Å²) in [5, 5.41) is 3.09. The van der Waals surface area contributed by atoms with Gasteiger partial charge in [-0.25, -0.2) is 9.37 Å².